The minimum atomic E-state index is 0.644. The smallest absolute Gasteiger partial charge is 0.146 e. The van der Waals surface area contributed by atoms with Gasteiger partial charge in [0.25, 0.3) is 0 Å². The van der Waals surface area contributed by atoms with E-state index in [1.807, 2.05) is 6.33 Å². The first kappa shape index (κ1) is 9.65. The highest BCUT2D eigenvalue weighted by Gasteiger charge is 2.20. The van der Waals surface area contributed by atoms with Crippen LogP contribution in [0.25, 0.3) is 0 Å². The fraction of sp³-hybridized carbons (Fsp3) is 0.800. The summed E-state index contributed by atoms with van der Waals surface area (Å²) in [6.45, 7) is 6.28. The van der Waals surface area contributed by atoms with E-state index in [1.54, 1.807) is 0 Å². The van der Waals surface area contributed by atoms with Crippen molar-refractivity contribution in [2.24, 2.45) is 5.92 Å². The minimum Gasteiger partial charge on any atom is -0.316 e. The van der Waals surface area contributed by atoms with E-state index in [1.165, 1.54) is 12.8 Å². The Morgan fingerprint density at radius 1 is 1.57 bits per heavy atom. The van der Waals surface area contributed by atoms with Crippen molar-refractivity contribution < 1.29 is 0 Å². The van der Waals surface area contributed by atoms with Crippen LogP contribution in [0.15, 0.2) is 6.33 Å². The zero-order chi connectivity index (χ0) is 9.97. The summed E-state index contributed by atoms with van der Waals surface area (Å²) in [5, 5.41) is 11.5. The molecular formula is C10H18N4. The van der Waals surface area contributed by atoms with E-state index < -0.39 is 0 Å². The molecule has 4 heteroatoms. The van der Waals surface area contributed by atoms with Crippen LogP contribution in [-0.2, 0) is 13.1 Å². The number of hydrogen-bond acceptors (Lipinski definition) is 3. The maximum atomic E-state index is 4.12. The van der Waals surface area contributed by atoms with Gasteiger partial charge in [-0.15, -0.1) is 10.2 Å². The molecule has 0 unspecified atom stereocenters. The van der Waals surface area contributed by atoms with Gasteiger partial charge in [-0.3, -0.25) is 0 Å². The molecule has 1 saturated carbocycles. The van der Waals surface area contributed by atoms with Crippen LogP contribution in [0.2, 0.25) is 0 Å². The normalized spacial score (nSPS) is 16.5. The fourth-order valence-corrected chi connectivity index (χ4v) is 1.48. The predicted octanol–water partition coefficient (Wildman–Crippen LogP) is 1.19. The number of nitrogens with zero attached hydrogens (tertiary/aromatic N) is 3. The fourth-order valence-electron chi connectivity index (χ4n) is 1.48. The van der Waals surface area contributed by atoms with Crippen molar-refractivity contribution in [2.75, 3.05) is 0 Å². The van der Waals surface area contributed by atoms with Gasteiger partial charge in [-0.25, -0.2) is 0 Å². The molecule has 0 radical (unpaired) electrons. The van der Waals surface area contributed by atoms with Crippen LogP contribution in [0.5, 0.6) is 0 Å². The third kappa shape index (κ3) is 2.54. The van der Waals surface area contributed by atoms with E-state index in [9.17, 15) is 0 Å². The van der Waals surface area contributed by atoms with Gasteiger partial charge in [0.1, 0.15) is 12.2 Å². The van der Waals surface area contributed by atoms with Crippen molar-refractivity contribution in [2.45, 2.75) is 45.8 Å². The van der Waals surface area contributed by atoms with E-state index >= 15 is 0 Å². The summed E-state index contributed by atoms with van der Waals surface area (Å²) in [5.74, 6) is 1.70. The standard InChI is InChI=1S/C10H18N4/c1-8(2)6-14-7-12-13-10(14)5-11-9-3-4-9/h7-9,11H,3-6H2,1-2H3. The van der Waals surface area contributed by atoms with Gasteiger partial charge in [0.15, 0.2) is 0 Å². The van der Waals surface area contributed by atoms with Crippen molar-refractivity contribution in [3.8, 4) is 0 Å². The largest absolute Gasteiger partial charge is 0.316 e. The zero-order valence-corrected chi connectivity index (χ0v) is 8.90. The van der Waals surface area contributed by atoms with Crippen molar-refractivity contribution in [3.63, 3.8) is 0 Å². The topological polar surface area (TPSA) is 42.7 Å². The molecule has 1 heterocycles. The van der Waals surface area contributed by atoms with Gasteiger partial charge in [-0.1, -0.05) is 13.8 Å². The molecule has 1 aromatic rings. The number of hydrogen-bond donors (Lipinski definition) is 1. The van der Waals surface area contributed by atoms with Crippen LogP contribution < -0.4 is 5.32 Å². The molecule has 0 saturated heterocycles. The Morgan fingerprint density at radius 3 is 3.00 bits per heavy atom. The molecule has 1 aliphatic carbocycles. The summed E-state index contributed by atoms with van der Waals surface area (Å²) >= 11 is 0. The highest BCUT2D eigenvalue weighted by Crippen LogP contribution is 2.19. The average Bonchev–Trinajstić information content (AvgIpc) is 2.85. The molecule has 0 atom stereocenters. The van der Waals surface area contributed by atoms with Crippen LogP contribution >= 0.6 is 0 Å². The average molecular weight is 194 g/mol. The number of aromatic nitrogens is 3. The molecule has 2 rings (SSSR count). The molecule has 0 amide bonds. The second-order valence-corrected chi connectivity index (χ2v) is 4.45. The predicted molar refractivity (Wildman–Crippen MR) is 54.7 cm³/mol. The molecule has 0 aliphatic heterocycles. The maximum Gasteiger partial charge on any atom is 0.146 e. The Bertz CT molecular complexity index is 288. The molecule has 4 nitrogen and oxygen atoms in total. The molecule has 0 aromatic carbocycles. The van der Waals surface area contributed by atoms with Crippen LogP contribution in [-0.4, -0.2) is 20.8 Å². The molecular weight excluding hydrogens is 176 g/mol. The third-order valence-corrected chi connectivity index (χ3v) is 2.38. The SMILES string of the molecule is CC(C)Cn1cnnc1CNC1CC1. The van der Waals surface area contributed by atoms with Crippen molar-refractivity contribution in [1.82, 2.24) is 20.1 Å². The van der Waals surface area contributed by atoms with Gasteiger partial charge in [-0.2, -0.15) is 0 Å². The second kappa shape index (κ2) is 4.09. The summed E-state index contributed by atoms with van der Waals surface area (Å²) in [7, 11) is 0. The zero-order valence-electron chi connectivity index (χ0n) is 8.90. The van der Waals surface area contributed by atoms with Gasteiger partial charge in [0.05, 0.1) is 6.54 Å². The number of nitrogens with one attached hydrogen (secondary N) is 1. The van der Waals surface area contributed by atoms with Gasteiger partial charge < -0.3 is 9.88 Å². The Hall–Kier alpha value is -0.900. The van der Waals surface area contributed by atoms with E-state index in [0.717, 1.165) is 25.0 Å². The molecule has 1 aromatic heterocycles. The van der Waals surface area contributed by atoms with Crippen molar-refractivity contribution >= 4 is 0 Å². The molecule has 14 heavy (non-hydrogen) atoms. The summed E-state index contributed by atoms with van der Waals surface area (Å²) < 4.78 is 2.14. The molecule has 0 spiro atoms. The first-order chi connectivity index (χ1) is 6.75. The molecule has 1 fully saturated rings. The Balaban J connectivity index is 1.90. The van der Waals surface area contributed by atoms with Crippen LogP contribution in [0, 0.1) is 5.92 Å². The third-order valence-electron chi connectivity index (χ3n) is 2.38. The lowest BCUT2D eigenvalue weighted by Gasteiger charge is -2.09. The lowest BCUT2D eigenvalue weighted by Crippen LogP contribution is -2.19. The van der Waals surface area contributed by atoms with Crippen molar-refractivity contribution in [3.05, 3.63) is 12.2 Å². The summed E-state index contributed by atoms with van der Waals surface area (Å²) in [6.07, 6.45) is 4.46. The first-order valence-electron chi connectivity index (χ1n) is 5.36. The van der Waals surface area contributed by atoms with E-state index in [4.69, 9.17) is 0 Å². The van der Waals surface area contributed by atoms with Crippen LogP contribution in [0.4, 0.5) is 0 Å². The summed E-state index contributed by atoms with van der Waals surface area (Å²) in [4.78, 5) is 0. The van der Waals surface area contributed by atoms with Gasteiger partial charge in [0, 0.05) is 12.6 Å². The lowest BCUT2D eigenvalue weighted by atomic mass is 10.2. The highest BCUT2D eigenvalue weighted by molar-refractivity contribution is 4.89. The monoisotopic (exact) mass is 194 g/mol. The summed E-state index contributed by atoms with van der Waals surface area (Å²) in [6, 6.07) is 0.735. The molecule has 78 valence electrons. The quantitative estimate of drug-likeness (QED) is 0.765. The number of rotatable bonds is 5. The molecule has 1 aliphatic rings. The van der Waals surface area contributed by atoms with Gasteiger partial charge >= 0.3 is 0 Å². The second-order valence-electron chi connectivity index (χ2n) is 4.45. The molecule has 0 bridgehead atoms. The van der Waals surface area contributed by atoms with E-state index in [-0.39, 0.29) is 0 Å². The van der Waals surface area contributed by atoms with E-state index in [2.05, 4.69) is 33.9 Å². The first-order valence-corrected chi connectivity index (χ1v) is 5.36. The Kier molecular flexibility index (Phi) is 2.82. The molecule has 1 N–H and O–H groups in total. The van der Waals surface area contributed by atoms with E-state index in [0.29, 0.717) is 5.92 Å². The highest BCUT2D eigenvalue weighted by atomic mass is 15.3. The van der Waals surface area contributed by atoms with Crippen molar-refractivity contribution in [1.29, 1.82) is 0 Å². The van der Waals surface area contributed by atoms with Crippen LogP contribution in [0.3, 0.4) is 0 Å². The Morgan fingerprint density at radius 2 is 2.36 bits per heavy atom. The minimum absolute atomic E-state index is 0.644. The maximum absolute atomic E-state index is 4.12. The Labute approximate surface area is 84.7 Å². The van der Waals surface area contributed by atoms with Gasteiger partial charge in [-0.05, 0) is 18.8 Å². The summed E-state index contributed by atoms with van der Waals surface area (Å²) in [5.41, 5.74) is 0. The van der Waals surface area contributed by atoms with Crippen LogP contribution in [0.1, 0.15) is 32.5 Å². The van der Waals surface area contributed by atoms with Gasteiger partial charge in [0.2, 0.25) is 0 Å². The lowest BCUT2D eigenvalue weighted by molar-refractivity contribution is 0.495.